The molecule has 16 heavy (non-hydrogen) atoms. The van der Waals surface area contributed by atoms with Gasteiger partial charge in [-0.05, 0) is 31.2 Å². The van der Waals surface area contributed by atoms with Gasteiger partial charge in [0.2, 0.25) is 0 Å². The normalized spacial score (nSPS) is 11.9. The number of hydrogen-bond acceptors (Lipinski definition) is 4. The van der Waals surface area contributed by atoms with Crippen molar-refractivity contribution in [2.75, 3.05) is 19.1 Å². The predicted octanol–water partition coefficient (Wildman–Crippen LogP) is 0.737. The first-order valence-electron chi connectivity index (χ1n) is 5.05. The summed E-state index contributed by atoms with van der Waals surface area (Å²) < 4.78 is 5.03. The van der Waals surface area contributed by atoms with Crippen LogP contribution in [-0.2, 0) is 4.74 Å². The van der Waals surface area contributed by atoms with Gasteiger partial charge in [0.25, 0.3) is 5.91 Å². The fourth-order valence-corrected chi connectivity index (χ4v) is 1.14. The van der Waals surface area contributed by atoms with E-state index in [0.717, 1.165) is 5.69 Å². The van der Waals surface area contributed by atoms with Crippen molar-refractivity contribution in [1.82, 2.24) is 5.32 Å². The molecule has 0 aliphatic heterocycles. The van der Waals surface area contributed by atoms with Gasteiger partial charge in [-0.15, -0.1) is 0 Å². The molecule has 1 aromatic rings. The maximum Gasteiger partial charge on any atom is 0.251 e. The lowest BCUT2D eigenvalue weighted by molar-refractivity contribution is 0.0870. The smallest absolute Gasteiger partial charge is 0.251 e. The molecule has 0 radical (unpaired) electrons. The Balaban J connectivity index is 2.52. The SMILES string of the molecule is COC(C)CNC(=O)c1ccc(NN)cc1. The van der Waals surface area contributed by atoms with Crippen LogP contribution in [0.25, 0.3) is 0 Å². The molecule has 0 heterocycles. The number of ether oxygens (including phenoxy) is 1. The third kappa shape index (κ3) is 3.52. The second-order valence-electron chi connectivity index (χ2n) is 3.48. The summed E-state index contributed by atoms with van der Waals surface area (Å²) in [4.78, 5) is 11.6. The molecule has 0 fully saturated rings. The van der Waals surface area contributed by atoms with Crippen molar-refractivity contribution >= 4 is 11.6 Å². The molecule has 1 aromatic carbocycles. The lowest BCUT2D eigenvalue weighted by Crippen LogP contribution is -2.31. The Labute approximate surface area is 94.9 Å². The summed E-state index contributed by atoms with van der Waals surface area (Å²) >= 11 is 0. The fourth-order valence-electron chi connectivity index (χ4n) is 1.14. The topological polar surface area (TPSA) is 76.4 Å². The minimum atomic E-state index is -0.118. The molecule has 0 aromatic heterocycles. The van der Waals surface area contributed by atoms with E-state index in [2.05, 4.69) is 10.7 Å². The first-order chi connectivity index (χ1) is 7.67. The predicted molar refractivity (Wildman–Crippen MR) is 63.1 cm³/mol. The van der Waals surface area contributed by atoms with Crippen LogP contribution < -0.4 is 16.6 Å². The van der Waals surface area contributed by atoms with Gasteiger partial charge in [0.05, 0.1) is 6.10 Å². The number of benzene rings is 1. The number of methoxy groups -OCH3 is 1. The number of nitrogens with one attached hydrogen (secondary N) is 2. The van der Waals surface area contributed by atoms with Gasteiger partial charge in [-0.2, -0.15) is 0 Å². The van der Waals surface area contributed by atoms with Crippen molar-refractivity contribution in [3.63, 3.8) is 0 Å². The van der Waals surface area contributed by atoms with E-state index in [9.17, 15) is 4.79 Å². The summed E-state index contributed by atoms with van der Waals surface area (Å²) in [5.41, 5.74) is 3.87. The quantitative estimate of drug-likeness (QED) is 0.508. The summed E-state index contributed by atoms with van der Waals surface area (Å²) in [6.07, 6.45) is 0.00827. The first kappa shape index (κ1) is 12.5. The highest BCUT2D eigenvalue weighted by atomic mass is 16.5. The zero-order chi connectivity index (χ0) is 12.0. The Kier molecular flexibility index (Phi) is 4.75. The van der Waals surface area contributed by atoms with Crippen molar-refractivity contribution in [1.29, 1.82) is 0 Å². The monoisotopic (exact) mass is 223 g/mol. The van der Waals surface area contributed by atoms with Crippen molar-refractivity contribution in [3.8, 4) is 0 Å². The molecule has 4 N–H and O–H groups in total. The summed E-state index contributed by atoms with van der Waals surface area (Å²) in [6, 6.07) is 6.91. The fraction of sp³-hybridized carbons (Fsp3) is 0.364. The Morgan fingerprint density at radius 1 is 1.44 bits per heavy atom. The molecule has 88 valence electrons. The highest BCUT2D eigenvalue weighted by Crippen LogP contribution is 2.07. The molecule has 1 amide bonds. The van der Waals surface area contributed by atoms with E-state index in [-0.39, 0.29) is 12.0 Å². The largest absolute Gasteiger partial charge is 0.380 e. The third-order valence-corrected chi connectivity index (χ3v) is 2.27. The van der Waals surface area contributed by atoms with Crippen molar-refractivity contribution in [2.24, 2.45) is 5.84 Å². The van der Waals surface area contributed by atoms with Crippen LogP contribution in [0.4, 0.5) is 5.69 Å². The highest BCUT2D eigenvalue weighted by molar-refractivity contribution is 5.94. The van der Waals surface area contributed by atoms with Crippen LogP contribution in [0.1, 0.15) is 17.3 Å². The maximum absolute atomic E-state index is 11.6. The Hall–Kier alpha value is -1.59. The number of anilines is 1. The standard InChI is InChI=1S/C11H17N3O2/c1-8(16-2)7-13-11(15)9-3-5-10(14-12)6-4-9/h3-6,8,14H,7,12H2,1-2H3,(H,13,15). The average Bonchev–Trinajstić information content (AvgIpc) is 2.35. The minimum Gasteiger partial charge on any atom is -0.380 e. The van der Waals surface area contributed by atoms with E-state index in [1.54, 1.807) is 31.4 Å². The molecule has 5 heteroatoms. The number of rotatable bonds is 5. The van der Waals surface area contributed by atoms with Crippen LogP contribution in [0.15, 0.2) is 24.3 Å². The lowest BCUT2D eigenvalue weighted by atomic mass is 10.2. The number of nitrogen functional groups attached to an aromatic ring is 1. The second kappa shape index (κ2) is 6.09. The molecule has 0 bridgehead atoms. The van der Waals surface area contributed by atoms with E-state index in [1.165, 1.54) is 0 Å². The first-order valence-corrected chi connectivity index (χ1v) is 5.05. The van der Waals surface area contributed by atoms with Crippen LogP contribution in [0.5, 0.6) is 0 Å². The van der Waals surface area contributed by atoms with Crippen LogP contribution in [0.2, 0.25) is 0 Å². The van der Waals surface area contributed by atoms with Gasteiger partial charge >= 0.3 is 0 Å². The summed E-state index contributed by atoms with van der Waals surface area (Å²) in [5, 5.41) is 2.77. The van der Waals surface area contributed by atoms with Crippen molar-refractivity contribution in [3.05, 3.63) is 29.8 Å². The van der Waals surface area contributed by atoms with Crippen molar-refractivity contribution in [2.45, 2.75) is 13.0 Å². The zero-order valence-electron chi connectivity index (χ0n) is 9.49. The van der Waals surface area contributed by atoms with Gasteiger partial charge in [0, 0.05) is 24.9 Å². The van der Waals surface area contributed by atoms with Gasteiger partial charge in [-0.1, -0.05) is 0 Å². The molecule has 1 rings (SSSR count). The van der Waals surface area contributed by atoms with E-state index in [4.69, 9.17) is 10.6 Å². The second-order valence-corrected chi connectivity index (χ2v) is 3.48. The number of hydrazine groups is 1. The number of carbonyl (C=O) groups excluding carboxylic acids is 1. The number of hydrogen-bond donors (Lipinski definition) is 3. The third-order valence-electron chi connectivity index (χ3n) is 2.27. The molecular weight excluding hydrogens is 206 g/mol. The molecule has 0 aliphatic rings. The summed E-state index contributed by atoms with van der Waals surface area (Å²) in [5.74, 6) is 5.11. The van der Waals surface area contributed by atoms with Gasteiger partial charge in [0.15, 0.2) is 0 Å². The molecule has 1 unspecified atom stereocenters. The number of amides is 1. The van der Waals surface area contributed by atoms with Crippen LogP contribution in [0, 0.1) is 0 Å². The summed E-state index contributed by atoms with van der Waals surface area (Å²) in [6.45, 7) is 2.38. The van der Waals surface area contributed by atoms with Crippen LogP contribution in [-0.4, -0.2) is 25.7 Å². The van der Waals surface area contributed by atoms with Crippen molar-refractivity contribution < 1.29 is 9.53 Å². The number of nitrogens with two attached hydrogens (primary N) is 1. The average molecular weight is 223 g/mol. The molecule has 0 spiro atoms. The van der Waals surface area contributed by atoms with Gasteiger partial charge in [-0.3, -0.25) is 10.6 Å². The highest BCUT2D eigenvalue weighted by Gasteiger charge is 2.06. The van der Waals surface area contributed by atoms with E-state index < -0.39 is 0 Å². The van der Waals surface area contributed by atoms with E-state index >= 15 is 0 Å². The van der Waals surface area contributed by atoms with Gasteiger partial charge in [-0.25, -0.2) is 0 Å². The van der Waals surface area contributed by atoms with Gasteiger partial charge < -0.3 is 15.5 Å². The zero-order valence-corrected chi connectivity index (χ0v) is 9.49. The Bertz CT molecular complexity index is 338. The molecule has 0 aliphatic carbocycles. The number of carbonyl (C=O) groups is 1. The van der Waals surface area contributed by atoms with E-state index in [0.29, 0.717) is 12.1 Å². The molecule has 5 nitrogen and oxygen atoms in total. The van der Waals surface area contributed by atoms with Gasteiger partial charge in [0.1, 0.15) is 0 Å². The van der Waals surface area contributed by atoms with Crippen LogP contribution in [0.3, 0.4) is 0 Å². The lowest BCUT2D eigenvalue weighted by Gasteiger charge is -2.10. The molecule has 0 saturated carbocycles. The Morgan fingerprint density at radius 2 is 2.06 bits per heavy atom. The minimum absolute atomic E-state index is 0.00827. The summed E-state index contributed by atoms with van der Waals surface area (Å²) in [7, 11) is 1.61. The maximum atomic E-state index is 11.6. The van der Waals surface area contributed by atoms with E-state index in [1.807, 2.05) is 6.92 Å². The molecule has 0 saturated heterocycles. The molecular formula is C11H17N3O2. The van der Waals surface area contributed by atoms with Crippen LogP contribution >= 0.6 is 0 Å². The molecule has 1 atom stereocenters. The Morgan fingerprint density at radius 3 is 2.56 bits per heavy atom.